The number of nitrogens with zero attached hydrogens (tertiary/aromatic N) is 2. The zero-order valence-electron chi connectivity index (χ0n) is 20.3. The molecule has 6 rings (SSSR count). The maximum atomic E-state index is 13.5. The molecule has 1 fully saturated rings. The number of ketones is 1. The molecule has 0 radical (unpaired) electrons. The Balaban J connectivity index is 1.50. The van der Waals surface area contributed by atoms with E-state index in [-0.39, 0.29) is 17.4 Å². The number of rotatable bonds is 5. The average molecular weight is 513 g/mol. The van der Waals surface area contributed by atoms with Gasteiger partial charge in [-0.1, -0.05) is 41.7 Å². The highest BCUT2D eigenvalue weighted by Gasteiger charge is 2.48. The Morgan fingerprint density at radius 2 is 1.95 bits per heavy atom. The van der Waals surface area contributed by atoms with Crippen LogP contribution in [0.5, 0.6) is 11.5 Å². The van der Waals surface area contributed by atoms with Crippen LogP contribution in [0.25, 0.3) is 16.0 Å². The van der Waals surface area contributed by atoms with Gasteiger partial charge >= 0.3 is 5.91 Å². The second kappa shape index (κ2) is 9.05. The first kappa shape index (κ1) is 23.2. The summed E-state index contributed by atoms with van der Waals surface area (Å²) in [5.74, 6) is -0.202. The number of fused-ring (bicyclic) bond motifs is 2. The van der Waals surface area contributed by atoms with Crippen LogP contribution in [0, 0.1) is 0 Å². The van der Waals surface area contributed by atoms with Gasteiger partial charge in [-0.2, -0.15) is 0 Å². The van der Waals surface area contributed by atoms with E-state index in [9.17, 15) is 14.7 Å². The molecule has 0 aliphatic carbocycles. The Bertz CT molecular complexity index is 1580. The molecule has 2 aliphatic heterocycles. The average Bonchev–Trinajstić information content (AvgIpc) is 3.56. The summed E-state index contributed by atoms with van der Waals surface area (Å²) in [6.45, 7) is 4.43. The van der Waals surface area contributed by atoms with Gasteiger partial charge in [0.25, 0.3) is 5.78 Å². The number of anilines is 1. The molecule has 3 aromatic carbocycles. The summed E-state index contributed by atoms with van der Waals surface area (Å²) < 4.78 is 12.2. The van der Waals surface area contributed by atoms with E-state index < -0.39 is 17.7 Å². The number of amides is 1. The third-order valence-electron chi connectivity index (χ3n) is 6.59. The Hall–Kier alpha value is -4.17. The van der Waals surface area contributed by atoms with Gasteiger partial charge in [0.2, 0.25) is 0 Å². The SMILES string of the molecule is CCOc1ccc2nc(N3C(=O)C(=O)C(=C(O)c4ccc5c(c4)CC(C)O5)C3c3ccccc3)sc2c1. The number of carbonyl (C=O) groups excluding carboxylic acids is 2. The molecule has 4 aromatic rings. The monoisotopic (exact) mass is 512 g/mol. The van der Waals surface area contributed by atoms with Crippen LogP contribution in [0.15, 0.2) is 72.3 Å². The molecule has 1 N–H and O–H groups in total. The fourth-order valence-electron chi connectivity index (χ4n) is 4.96. The Kier molecular flexibility index (Phi) is 5.68. The fraction of sp³-hybridized carbons (Fsp3) is 0.207. The maximum absolute atomic E-state index is 13.5. The molecule has 0 saturated carbocycles. The summed E-state index contributed by atoms with van der Waals surface area (Å²) in [7, 11) is 0. The third kappa shape index (κ3) is 3.94. The lowest BCUT2D eigenvalue weighted by molar-refractivity contribution is -0.132. The van der Waals surface area contributed by atoms with Gasteiger partial charge in [-0.15, -0.1) is 0 Å². The van der Waals surface area contributed by atoms with Gasteiger partial charge in [-0.3, -0.25) is 14.5 Å². The molecular formula is C29H24N2O5S. The first-order valence-corrected chi connectivity index (χ1v) is 13.0. The standard InChI is InChI=1S/C29H24N2O5S/c1-3-35-20-10-11-21-23(15-20)37-29(30-21)31-25(17-7-5-4-6-8-17)24(27(33)28(31)34)26(32)18-9-12-22-19(14-18)13-16(2)36-22/h4-12,14-16,25,32H,3,13H2,1-2H3. The van der Waals surface area contributed by atoms with Crippen molar-refractivity contribution >= 4 is 44.1 Å². The molecule has 1 saturated heterocycles. The summed E-state index contributed by atoms with van der Waals surface area (Å²) in [5.41, 5.74) is 2.87. The summed E-state index contributed by atoms with van der Waals surface area (Å²) in [6.07, 6.45) is 0.757. The normalized spacial score (nSPS) is 20.3. The van der Waals surface area contributed by atoms with E-state index in [2.05, 4.69) is 4.98 Å². The number of hydrogen-bond acceptors (Lipinski definition) is 7. The molecule has 1 aromatic heterocycles. The van der Waals surface area contributed by atoms with E-state index >= 15 is 0 Å². The molecule has 2 unspecified atom stereocenters. The van der Waals surface area contributed by atoms with Gasteiger partial charge < -0.3 is 14.6 Å². The molecule has 2 aliphatic rings. The molecule has 2 atom stereocenters. The first-order valence-electron chi connectivity index (χ1n) is 12.1. The van der Waals surface area contributed by atoms with Crippen LogP contribution >= 0.6 is 11.3 Å². The zero-order chi connectivity index (χ0) is 25.7. The predicted molar refractivity (Wildman–Crippen MR) is 142 cm³/mol. The lowest BCUT2D eigenvalue weighted by Gasteiger charge is -2.23. The number of hydrogen-bond donors (Lipinski definition) is 1. The smallest absolute Gasteiger partial charge is 0.301 e. The van der Waals surface area contributed by atoms with E-state index in [1.807, 2.05) is 68.4 Å². The lowest BCUT2D eigenvalue weighted by Crippen LogP contribution is -2.29. The molecular weight excluding hydrogens is 488 g/mol. The summed E-state index contributed by atoms with van der Waals surface area (Å²) in [6, 6.07) is 19.3. The van der Waals surface area contributed by atoms with Crippen LogP contribution in [0.1, 0.15) is 36.6 Å². The minimum Gasteiger partial charge on any atom is -0.507 e. The number of Topliss-reactive ketones (excluding diaryl/α,β-unsaturated/α-hetero) is 1. The molecule has 8 heteroatoms. The molecule has 7 nitrogen and oxygen atoms in total. The highest BCUT2D eigenvalue weighted by Crippen LogP contribution is 2.45. The summed E-state index contributed by atoms with van der Waals surface area (Å²) >= 11 is 1.31. The van der Waals surface area contributed by atoms with Crippen molar-refractivity contribution in [3.05, 3.63) is 89.0 Å². The second-order valence-corrected chi connectivity index (χ2v) is 10.1. The molecule has 0 bridgehead atoms. The first-order chi connectivity index (χ1) is 17.9. The molecule has 186 valence electrons. The van der Waals surface area contributed by atoms with E-state index in [1.165, 1.54) is 16.2 Å². The van der Waals surface area contributed by atoms with E-state index in [0.717, 1.165) is 16.0 Å². The van der Waals surface area contributed by atoms with Gasteiger partial charge in [-0.25, -0.2) is 4.98 Å². The Labute approximate surface area is 217 Å². The molecule has 1 amide bonds. The second-order valence-electron chi connectivity index (χ2n) is 9.09. The van der Waals surface area contributed by atoms with E-state index in [4.69, 9.17) is 9.47 Å². The van der Waals surface area contributed by atoms with Crippen LogP contribution in [0.4, 0.5) is 5.13 Å². The number of aliphatic hydroxyl groups excluding tert-OH is 1. The lowest BCUT2D eigenvalue weighted by atomic mass is 9.94. The van der Waals surface area contributed by atoms with Gasteiger partial charge in [0.15, 0.2) is 5.13 Å². The number of carbonyl (C=O) groups is 2. The van der Waals surface area contributed by atoms with Crippen molar-refractivity contribution in [2.75, 3.05) is 11.5 Å². The molecule has 3 heterocycles. The van der Waals surface area contributed by atoms with Crippen molar-refractivity contribution in [1.29, 1.82) is 0 Å². The van der Waals surface area contributed by atoms with Gasteiger partial charge in [-0.05, 0) is 61.4 Å². The Morgan fingerprint density at radius 3 is 2.73 bits per heavy atom. The van der Waals surface area contributed by atoms with Crippen molar-refractivity contribution in [3.8, 4) is 11.5 Å². The van der Waals surface area contributed by atoms with Crippen LogP contribution in [-0.4, -0.2) is 34.5 Å². The minimum atomic E-state index is -0.823. The molecule has 37 heavy (non-hydrogen) atoms. The van der Waals surface area contributed by atoms with Crippen LogP contribution in [-0.2, 0) is 16.0 Å². The zero-order valence-corrected chi connectivity index (χ0v) is 21.1. The van der Waals surface area contributed by atoms with Gasteiger partial charge in [0, 0.05) is 12.0 Å². The third-order valence-corrected chi connectivity index (χ3v) is 7.61. The van der Waals surface area contributed by atoms with Crippen LogP contribution < -0.4 is 14.4 Å². The largest absolute Gasteiger partial charge is 0.507 e. The number of ether oxygens (including phenoxy) is 2. The highest BCUT2D eigenvalue weighted by molar-refractivity contribution is 7.22. The van der Waals surface area contributed by atoms with Crippen molar-refractivity contribution < 1.29 is 24.2 Å². The number of aliphatic hydroxyl groups is 1. The minimum absolute atomic E-state index is 0.0392. The molecule has 0 spiro atoms. The quantitative estimate of drug-likeness (QED) is 0.211. The van der Waals surface area contributed by atoms with Gasteiger partial charge in [0.05, 0.1) is 28.4 Å². The predicted octanol–water partition coefficient (Wildman–Crippen LogP) is 5.64. The van der Waals surface area contributed by atoms with Crippen LogP contribution in [0.3, 0.4) is 0 Å². The van der Waals surface area contributed by atoms with Crippen molar-refractivity contribution in [2.24, 2.45) is 0 Å². The van der Waals surface area contributed by atoms with Crippen LogP contribution in [0.2, 0.25) is 0 Å². The summed E-state index contributed by atoms with van der Waals surface area (Å²) in [4.78, 5) is 33.0. The topological polar surface area (TPSA) is 89.0 Å². The fourth-order valence-corrected chi connectivity index (χ4v) is 5.98. The Morgan fingerprint density at radius 1 is 1.14 bits per heavy atom. The highest BCUT2D eigenvalue weighted by atomic mass is 32.1. The number of benzene rings is 3. The summed E-state index contributed by atoms with van der Waals surface area (Å²) in [5, 5.41) is 11.8. The van der Waals surface area contributed by atoms with E-state index in [0.29, 0.717) is 40.6 Å². The maximum Gasteiger partial charge on any atom is 0.301 e. The van der Waals surface area contributed by atoms with E-state index in [1.54, 1.807) is 12.1 Å². The number of aromatic nitrogens is 1. The van der Waals surface area contributed by atoms with Crippen molar-refractivity contribution in [1.82, 2.24) is 4.98 Å². The van der Waals surface area contributed by atoms with Crippen molar-refractivity contribution in [3.63, 3.8) is 0 Å². The number of thiazole rings is 1. The van der Waals surface area contributed by atoms with Gasteiger partial charge in [0.1, 0.15) is 23.4 Å². The van der Waals surface area contributed by atoms with Crippen molar-refractivity contribution in [2.45, 2.75) is 32.4 Å².